The molecule has 1 fully saturated rings. The van der Waals surface area contributed by atoms with Crippen LogP contribution in [0.5, 0.6) is 0 Å². The number of ether oxygens (including phenoxy) is 5. The van der Waals surface area contributed by atoms with E-state index >= 15 is 0 Å². The maximum absolute atomic E-state index is 12.6. The summed E-state index contributed by atoms with van der Waals surface area (Å²) in [6, 6.07) is 1.96. The Morgan fingerprint density at radius 3 is 2.62 bits per heavy atom. The molecular weight excluding hydrogens is 342 g/mol. The van der Waals surface area contributed by atoms with Crippen LogP contribution in [0, 0.1) is 6.92 Å². The Kier molecular flexibility index (Phi) is 8.99. The van der Waals surface area contributed by atoms with E-state index in [1.807, 2.05) is 20.0 Å². The van der Waals surface area contributed by atoms with Crippen LogP contribution in [0.4, 0.5) is 0 Å². The molecule has 0 atom stereocenters. The quantitative estimate of drug-likeness (QED) is 0.482. The van der Waals surface area contributed by atoms with Crippen LogP contribution in [0.2, 0.25) is 0 Å². The molecule has 1 aromatic heterocycles. The summed E-state index contributed by atoms with van der Waals surface area (Å²) < 4.78 is 28.4. The van der Waals surface area contributed by atoms with Gasteiger partial charge in [-0.2, -0.15) is 5.10 Å². The highest BCUT2D eigenvalue weighted by Crippen LogP contribution is 2.11. The number of carbonyl (C=O) groups excluding carboxylic acids is 1. The molecule has 26 heavy (non-hydrogen) atoms. The third kappa shape index (κ3) is 7.00. The smallest absolute Gasteiger partial charge is 0.249 e. The Bertz CT molecular complexity index is 545. The molecule has 1 amide bonds. The molecule has 1 aliphatic heterocycles. The number of amides is 1. The summed E-state index contributed by atoms with van der Waals surface area (Å²) in [5.74, 6) is -0.125. The first-order valence-electron chi connectivity index (χ1n) is 8.75. The van der Waals surface area contributed by atoms with Crippen molar-refractivity contribution in [1.82, 2.24) is 14.7 Å². The minimum Gasteiger partial charge on any atom is -0.382 e. The summed E-state index contributed by atoms with van der Waals surface area (Å²) in [5.41, 5.74) is 1.85. The molecule has 148 valence electrons. The molecule has 9 nitrogen and oxygen atoms in total. The van der Waals surface area contributed by atoms with E-state index in [9.17, 15) is 4.79 Å². The molecule has 0 radical (unpaired) electrons. The molecule has 0 aromatic carbocycles. The molecule has 9 heteroatoms. The lowest BCUT2D eigenvalue weighted by Crippen LogP contribution is -2.40. The summed E-state index contributed by atoms with van der Waals surface area (Å²) in [6.07, 6.45) is -0.398. The van der Waals surface area contributed by atoms with E-state index in [1.165, 1.54) is 0 Å². The number of rotatable bonds is 12. The molecule has 0 N–H and O–H groups in total. The Morgan fingerprint density at radius 1 is 1.27 bits per heavy atom. The standard InChI is InChI=1S/C17H29N3O6/c1-14-10-15(19(2)18-14)11-20(12-17-25-8-9-26-17)16(21)13-24-7-6-23-5-4-22-3/h10,17H,4-9,11-13H2,1-3H3. The van der Waals surface area contributed by atoms with Gasteiger partial charge in [0.2, 0.25) is 5.91 Å². The van der Waals surface area contributed by atoms with E-state index in [2.05, 4.69) is 5.10 Å². The van der Waals surface area contributed by atoms with Gasteiger partial charge in [-0.25, -0.2) is 0 Å². The zero-order chi connectivity index (χ0) is 18.8. The number of nitrogens with zero attached hydrogens (tertiary/aromatic N) is 3. The van der Waals surface area contributed by atoms with Gasteiger partial charge in [0.15, 0.2) is 6.29 Å². The van der Waals surface area contributed by atoms with Gasteiger partial charge in [-0.1, -0.05) is 0 Å². The lowest BCUT2D eigenvalue weighted by atomic mass is 10.3. The molecule has 1 aromatic rings. The van der Waals surface area contributed by atoms with Gasteiger partial charge in [0.25, 0.3) is 0 Å². The van der Waals surface area contributed by atoms with Crippen LogP contribution in [0.3, 0.4) is 0 Å². The monoisotopic (exact) mass is 371 g/mol. The van der Waals surface area contributed by atoms with E-state index in [0.717, 1.165) is 11.4 Å². The minimum absolute atomic E-state index is 0.0167. The van der Waals surface area contributed by atoms with Gasteiger partial charge in [0.05, 0.1) is 64.1 Å². The SMILES string of the molecule is COCCOCCOCC(=O)N(Cc1cc(C)nn1C)CC1OCCO1. The molecule has 0 bridgehead atoms. The van der Waals surface area contributed by atoms with Gasteiger partial charge in [0.1, 0.15) is 6.61 Å². The lowest BCUT2D eigenvalue weighted by molar-refractivity contribution is -0.143. The minimum atomic E-state index is -0.398. The van der Waals surface area contributed by atoms with Crippen molar-refractivity contribution in [1.29, 1.82) is 0 Å². The summed E-state index contributed by atoms with van der Waals surface area (Å²) in [6.45, 7) is 5.61. The number of carbonyl (C=O) groups is 1. The summed E-state index contributed by atoms with van der Waals surface area (Å²) in [7, 11) is 3.48. The third-order valence-corrected chi connectivity index (χ3v) is 3.89. The van der Waals surface area contributed by atoms with Crippen molar-refractivity contribution in [2.45, 2.75) is 19.8 Å². The van der Waals surface area contributed by atoms with Crippen molar-refractivity contribution in [3.63, 3.8) is 0 Å². The molecule has 0 saturated carbocycles. The van der Waals surface area contributed by atoms with Gasteiger partial charge in [0, 0.05) is 14.2 Å². The fraction of sp³-hybridized carbons (Fsp3) is 0.765. The van der Waals surface area contributed by atoms with E-state index < -0.39 is 6.29 Å². The molecule has 2 heterocycles. The van der Waals surface area contributed by atoms with Crippen molar-refractivity contribution in [3.05, 3.63) is 17.5 Å². The summed E-state index contributed by atoms with van der Waals surface area (Å²) in [5, 5.41) is 4.32. The van der Waals surface area contributed by atoms with Crippen molar-refractivity contribution in [2.75, 3.05) is 59.9 Å². The first-order chi connectivity index (χ1) is 12.6. The van der Waals surface area contributed by atoms with Crippen LogP contribution in [-0.4, -0.2) is 86.8 Å². The molecule has 1 aliphatic rings. The zero-order valence-electron chi connectivity index (χ0n) is 15.8. The van der Waals surface area contributed by atoms with Crippen molar-refractivity contribution >= 4 is 5.91 Å². The van der Waals surface area contributed by atoms with E-state index in [1.54, 1.807) is 16.7 Å². The molecular formula is C17H29N3O6. The Morgan fingerprint density at radius 2 is 1.96 bits per heavy atom. The van der Waals surface area contributed by atoms with Crippen LogP contribution in [0.25, 0.3) is 0 Å². The number of hydrogen-bond acceptors (Lipinski definition) is 7. The van der Waals surface area contributed by atoms with E-state index in [0.29, 0.717) is 52.7 Å². The highest BCUT2D eigenvalue weighted by Gasteiger charge is 2.24. The van der Waals surface area contributed by atoms with Crippen LogP contribution in [-0.2, 0) is 42.1 Å². The average molecular weight is 371 g/mol. The zero-order valence-corrected chi connectivity index (χ0v) is 15.8. The largest absolute Gasteiger partial charge is 0.382 e. The van der Waals surface area contributed by atoms with Crippen molar-refractivity contribution in [2.24, 2.45) is 7.05 Å². The van der Waals surface area contributed by atoms with Gasteiger partial charge >= 0.3 is 0 Å². The maximum Gasteiger partial charge on any atom is 0.249 e. The predicted octanol–water partition coefficient (Wildman–Crippen LogP) is 0.110. The molecule has 1 saturated heterocycles. The molecule has 0 spiro atoms. The fourth-order valence-corrected chi connectivity index (χ4v) is 2.57. The number of methoxy groups -OCH3 is 1. The van der Waals surface area contributed by atoms with Gasteiger partial charge in [-0.15, -0.1) is 0 Å². The predicted molar refractivity (Wildman–Crippen MR) is 92.6 cm³/mol. The van der Waals surface area contributed by atoms with Crippen LogP contribution in [0.1, 0.15) is 11.4 Å². The second-order valence-electron chi connectivity index (χ2n) is 6.00. The van der Waals surface area contributed by atoms with E-state index in [-0.39, 0.29) is 12.5 Å². The molecule has 2 rings (SSSR count). The molecule has 0 unspecified atom stereocenters. The second-order valence-corrected chi connectivity index (χ2v) is 6.00. The van der Waals surface area contributed by atoms with E-state index in [4.69, 9.17) is 23.7 Å². The summed E-state index contributed by atoms with van der Waals surface area (Å²) in [4.78, 5) is 14.3. The Balaban J connectivity index is 1.81. The summed E-state index contributed by atoms with van der Waals surface area (Å²) >= 11 is 0. The van der Waals surface area contributed by atoms with Gasteiger partial charge < -0.3 is 28.6 Å². The van der Waals surface area contributed by atoms with Gasteiger partial charge in [-0.3, -0.25) is 9.48 Å². The number of aromatic nitrogens is 2. The fourth-order valence-electron chi connectivity index (χ4n) is 2.57. The average Bonchev–Trinajstić information content (AvgIpc) is 3.23. The van der Waals surface area contributed by atoms with Crippen molar-refractivity contribution in [3.8, 4) is 0 Å². The Hall–Kier alpha value is -1.52. The topological polar surface area (TPSA) is 84.3 Å². The first-order valence-corrected chi connectivity index (χ1v) is 8.75. The second kappa shape index (κ2) is 11.2. The normalized spacial score (nSPS) is 14.9. The van der Waals surface area contributed by atoms with Gasteiger partial charge in [-0.05, 0) is 13.0 Å². The Labute approximate surface area is 154 Å². The third-order valence-electron chi connectivity index (χ3n) is 3.89. The van der Waals surface area contributed by atoms with Crippen LogP contribution >= 0.6 is 0 Å². The van der Waals surface area contributed by atoms with Crippen LogP contribution in [0.15, 0.2) is 6.07 Å². The highest BCUT2D eigenvalue weighted by atomic mass is 16.7. The van der Waals surface area contributed by atoms with Crippen LogP contribution < -0.4 is 0 Å². The highest BCUT2D eigenvalue weighted by molar-refractivity contribution is 5.77. The lowest BCUT2D eigenvalue weighted by Gasteiger charge is -2.25. The number of aryl methyl sites for hydroxylation is 2. The molecule has 0 aliphatic carbocycles. The first kappa shape index (κ1) is 20.8. The maximum atomic E-state index is 12.6. The number of hydrogen-bond donors (Lipinski definition) is 0. The van der Waals surface area contributed by atoms with Crippen molar-refractivity contribution < 1.29 is 28.5 Å².